The second-order valence-electron chi connectivity index (χ2n) is 2.84. The predicted molar refractivity (Wildman–Crippen MR) is 49.0 cm³/mol. The molecule has 0 aromatic heterocycles. The third-order valence-corrected chi connectivity index (χ3v) is 1.57. The van der Waals surface area contributed by atoms with Crippen LogP contribution in [0.3, 0.4) is 0 Å². The van der Waals surface area contributed by atoms with Crippen LogP contribution in [-0.4, -0.2) is 18.6 Å². The summed E-state index contributed by atoms with van der Waals surface area (Å²) < 4.78 is 39.8. The fourth-order valence-electron chi connectivity index (χ4n) is 0.896. The van der Waals surface area contributed by atoms with Crippen LogP contribution in [0.5, 0.6) is 5.75 Å². The number of ether oxygens (including phenoxy) is 1. The maximum Gasteiger partial charge on any atom is 0.422 e. The second kappa shape index (κ2) is 4.20. The van der Waals surface area contributed by atoms with E-state index in [0.29, 0.717) is 5.56 Å². The maximum absolute atomic E-state index is 11.8. The highest BCUT2D eigenvalue weighted by Crippen LogP contribution is 2.18. The lowest BCUT2D eigenvalue weighted by molar-refractivity contribution is -0.153. The van der Waals surface area contributed by atoms with Gasteiger partial charge in [0, 0.05) is 5.56 Å². The van der Waals surface area contributed by atoms with Crippen molar-refractivity contribution < 1.29 is 17.9 Å². The van der Waals surface area contributed by atoms with E-state index >= 15 is 0 Å². The van der Waals surface area contributed by atoms with Crippen LogP contribution in [0.2, 0.25) is 0 Å². The molecule has 0 atom stereocenters. The summed E-state index contributed by atoms with van der Waals surface area (Å²) in [4.78, 5) is 0. The van der Waals surface area contributed by atoms with Crippen molar-refractivity contribution in [2.75, 3.05) is 6.61 Å². The summed E-state index contributed by atoms with van der Waals surface area (Å²) in [5.41, 5.74) is 5.61. The van der Waals surface area contributed by atoms with E-state index in [1.165, 1.54) is 24.3 Å². The minimum atomic E-state index is -4.35. The van der Waals surface area contributed by atoms with Crippen LogP contribution >= 0.6 is 0 Å². The average molecular weight is 218 g/mol. The zero-order valence-electron chi connectivity index (χ0n) is 7.64. The first kappa shape index (κ1) is 11.4. The average Bonchev–Trinajstić information content (AvgIpc) is 2.14. The molecular formula is C9H9F3N2O. The third kappa shape index (κ3) is 3.88. The molecule has 6 heteroatoms. The van der Waals surface area contributed by atoms with Gasteiger partial charge in [-0.3, -0.25) is 5.41 Å². The molecule has 1 aromatic carbocycles. The van der Waals surface area contributed by atoms with Gasteiger partial charge < -0.3 is 10.5 Å². The van der Waals surface area contributed by atoms with Gasteiger partial charge in [-0.2, -0.15) is 13.2 Å². The van der Waals surface area contributed by atoms with Crippen LogP contribution in [0, 0.1) is 5.41 Å². The first-order chi connectivity index (χ1) is 6.88. The first-order valence-electron chi connectivity index (χ1n) is 4.02. The van der Waals surface area contributed by atoms with Crippen molar-refractivity contribution >= 4 is 5.84 Å². The van der Waals surface area contributed by atoms with E-state index in [1.807, 2.05) is 0 Å². The Bertz CT molecular complexity index is 345. The van der Waals surface area contributed by atoms with Gasteiger partial charge in [0.25, 0.3) is 0 Å². The van der Waals surface area contributed by atoms with E-state index in [0.717, 1.165) is 0 Å². The molecule has 0 aliphatic rings. The van der Waals surface area contributed by atoms with E-state index < -0.39 is 12.8 Å². The monoisotopic (exact) mass is 218 g/mol. The molecule has 0 saturated carbocycles. The lowest BCUT2D eigenvalue weighted by Crippen LogP contribution is -2.19. The second-order valence-corrected chi connectivity index (χ2v) is 2.84. The summed E-state index contributed by atoms with van der Waals surface area (Å²) in [6, 6.07) is 5.52. The summed E-state index contributed by atoms with van der Waals surface area (Å²) in [5.74, 6) is -0.0466. The number of hydrogen-bond acceptors (Lipinski definition) is 2. The van der Waals surface area contributed by atoms with Crippen LogP contribution in [0.1, 0.15) is 5.56 Å². The lowest BCUT2D eigenvalue weighted by atomic mass is 10.2. The highest BCUT2D eigenvalue weighted by atomic mass is 19.4. The molecule has 0 aliphatic carbocycles. The van der Waals surface area contributed by atoms with Crippen molar-refractivity contribution in [1.82, 2.24) is 0 Å². The molecule has 82 valence electrons. The van der Waals surface area contributed by atoms with Crippen molar-refractivity contribution in [1.29, 1.82) is 5.41 Å². The van der Waals surface area contributed by atoms with Gasteiger partial charge in [0.2, 0.25) is 0 Å². The zero-order valence-corrected chi connectivity index (χ0v) is 7.64. The largest absolute Gasteiger partial charge is 0.484 e. The van der Waals surface area contributed by atoms with Gasteiger partial charge in [0.05, 0.1) is 0 Å². The summed E-state index contributed by atoms with van der Waals surface area (Å²) in [6.07, 6.45) is -4.35. The Kier molecular flexibility index (Phi) is 3.18. The Morgan fingerprint density at radius 3 is 2.20 bits per heavy atom. The van der Waals surface area contributed by atoms with Crippen LogP contribution in [-0.2, 0) is 0 Å². The molecule has 0 bridgehead atoms. The molecule has 0 spiro atoms. The molecule has 3 nitrogen and oxygen atoms in total. The normalized spacial score (nSPS) is 11.1. The number of nitrogens with one attached hydrogen (secondary N) is 1. The van der Waals surface area contributed by atoms with E-state index in [-0.39, 0.29) is 11.6 Å². The molecule has 0 fully saturated rings. The molecule has 0 heterocycles. The molecule has 0 amide bonds. The highest BCUT2D eigenvalue weighted by Gasteiger charge is 2.28. The lowest BCUT2D eigenvalue weighted by Gasteiger charge is -2.09. The van der Waals surface area contributed by atoms with Crippen molar-refractivity contribution in [3.05, 3.63) is 29.8 Å². The smallest absolute Gasteiger partial charge is 0.422 e. The molecule has 0 aliphatic heterocycles. The molecule has 15 heavy (non-hydrogen) atoms. The Hall–Kier alpha value is -1.72. The van der Waals surface area contributed by atoms with Gasteiger partial charge in [0.15, 0.2) is 6.61 Å². The number of amidine groups is 1. The maximum atomic E-state index is 11.8. The number of benzene rings is 1. The van der Waals surface area contributed by atoms with Crippen LogP contribution in [0.15, 0.2) is 24.3 Å². The van der Waals surface area contributed by atoms with E-state index in [9.17, 15) is 13.2 Å². The number of nitrogen functional groups attached to an aromatic ring is 1. The molecule has 0 saturated heterocycles. The standard InChI is InChI=1S/C9H9F3N2O/c10-9(11,12)5-15-7-3-1-6(2-4-7)8(13)14/h1-4H,5H2,(H3,13,14). The SMILES string of the molecule is N=C(N)c1ccc(OCC(F)(F)F)cc1. The van der Waals surface area contributed by atoms with Crippen molar-refractivity contribution in [2.45, 2.75) is 6.18 Å². The van der Waals surface area contributed by atoms with Gasteiger partial charge in [-0.25, -0.2) is 0 Å². The van der Waals surface area contributed by atoms with Gasteiger partial charge >= 0.3 is 6.18 Å². The fourth-order valence-corrected chi connectivity index (χ4v) is 0.896. The fraction of sp³-hybridized carbons (Fsp3) is 0.222. The quantitative estimate of drug-likeness (QED) is 0.601. The van der Waals surface area contributed by atoms with Crippen molar-refractivity contribution in [2.24, 2.45) is 5.73 Å². The summed E-state index contributed by atoms with van der Waals surface area (Å²) in [5, 5.41) is 7.06. The Morgan fingerprint density at radius 2 is 1.80 bits per heavy atom. The molecule has 1 aromatic rings. The summed E-state index contributed by atoms with van der Waals surface area (Å²) >= 11 is 0. The van der Waals surface area contributed by atoms with Gasteiger partial charge in [-0.05, 0) is 24.3 Å². The minimum Gasteiger partial charge on any atom is -0.484 e. The first-order valence-corrected chi connectivity index (χ1v) is 4.02. The Labute approximate surface area is 84.2 Å². The zero-order chi connectivity index (χ0) is 11.5. The Morgan fingerprint density at radius 1 is 1.27 bits per heavy atom. The topological polar surface area (TPSA) is 59.1 Å². The van der Waals surface area contributed by atoms with Crippen LogP contribution in [0.25, 0.3) is 0 Å². The van der Waals surface area contributed by atoms with Crippen LogP contribution < -0.4 is 10.5 Å². The minimum absolute atomic E-state index is 0.0947. The molecule has 3 N–H and O–H groups in total. The predicted octanol–water partition coefficient (Wildman–Crippen LogP) is 1.91. The number of hydrogen-bond donors (Lipinski definition) is 2. The number of halogens is 3. The van der Waals surface area contributed by atoms with Gasteiger partial charge in [-0.15, -0.1) is 0 Å². The number of alkyl halides is 3. The van der Waals surface area contributed by atoms with Crippen LogP contribution in [0.4, 0.5) is 13.2 Å². The highest BCUT2D eigenvalue weighted by molar-refractivity contribution is 5.94. The van der Waals surface area contributed by atoms with E-state index in [2.05, 4.69) is 4.74 Å². The number of nitrogens with two attached hydrogens (primary N) is 1. The molecule has 1 rings (SSSR count). The Balaban J connectivity index is 2.61. The molecule has 0 unspecified atom stereocenters. The van der Waals surface area contributed by atoms with E-state index in [1.54, 1.807) is 0 Å². The van der Waals surface area contributed by atoms with Gasteiger partial charge in [0.1, 0.15) is 11.6 Å². The molecule has 0 radical (unpaired) electrons. The third-order valence-electron chi connectivity index (χ3n) is 1.57. The molecular weight excluding hydrogens is 209 g/mol. The number of rotatable bonds is 3. The van der Waals surface area contributed by atoms with Gasteiger partial charge in [-0.1, -0.05) is 0 Å². The summed E-state index contributed by atoms with van der Waals surface area (Å²) in [6.45, 7) is -1.33. The van der Waals surface area contributed by atoms with Crippen molar-refractivity contribution in [3.63, 3.8) is 0 Å². The van der Waals surface area contributed by atoms with E-state index in [4.69, 9.17) is 11.1 Å². The van der Waals surface area contributed by atoms with Crippen molar-refractivity contribution in [3.8, 4) is 5.75 Å². The summed E-state index contributed by atoms with van der Waals surface area (Å²) in [7, 11) is 0.